The molecule has 1 saturated carbocycles. The summed E-state index contributed by atoms with van der Waals surface area (Å²) in [5, 5.41) is 0. The van der Waals surface area contributed by atoms with Crippen LogP contribution in [-0.4, -0.2) is 23.9 Å². The van der Waals surface area contributed by atoms with Crippen molar-refractivity contribution in [3.8, 4) is 0 Å². The zero-order chi connectivity index (χ0) is 18.7. The van der Waals surface area contributed by atoms with Crippen molar-refractivity contribution in [2.45, 2.75) is 71.8 Å². The van der Waals surface area contributed by atoms with Crippen molar-refractivity contribution in [2.75, 3.05) is 13.1 Å². The smallest absolute Gasteiger partial charge is 0.225 e. The SMILES string of the molecule is CC(C)(C)C1CCC(C(=O)N2CCC(c3cccc(CN)c3)CC2)CC1. The number of likely N-dealkylation sites (tertiary alicyclic amines) is 1. The highest BCUT2D eigenvalue weighted by molar-refractivity contribution is 5.79. The summed E-state index contributed by atoms with van der Waals surface area (Å²) in [4.78, 5) is 15.1. The number of carbonyl (C=O) groups excluding carboxylic acids is 1. The van der Waals surface area contributed by atoms with Gasteiger partial charge in [0.15, 0.2) is 0 Å². The maximum atomic E-state index is 13.0. The van der Waals surface area contributed by atoms with Gasteiger partial charge in [-0.2, -0.15) is 0 Å². The number of nitrogens with zero attached hydrogens (tertiary/aromatic N) is 1. The largest absolute Gasteiger partial charge is 0.342 e. The molecule has 144 valence electrons. The predicted octanol–water partition coefficient (Wildman–Crippen LogP) is 4.70. The van der Waals surface area contributed by atoms with E-state index in [1.807, 2.05) is 0 Å². The lowest BCUT2D eigenvalue weighted by Gasteiger charge is -2.39. The number of carbonyl (C=O) groups is 1. The van der Waals surface area contributed by atoms with Crippen LogP contribution in [0.4, 0.5) is 0 Å². The van der Waals surface area contributed by atoms with Crippen LogP contribution in [0.1, 0.15) is 76.3 Å². The van der Waals surface area contributed by atoms with Gasteiger partial charge in [0.05, 0.1) is 0 Å². The third-order valence-corrected chi connectivity index (χ3v) is 6.77. The van der Waals surface area contributed by atoms with Gasteiger partial charge in [0.1, 0.15) is 0 Å². The van der Waals surface area contributed by atoms with Crippen molar-refractivity contribution in [2.24, 2.45) is 23.0 Å². The fourth-order valence-electron chi connectivity index (χ4n) is 4.87. The molecule has 0 spiro atoms. The molecule has 0 radical (unpaired) electrons. The fraction of sp³-hybridized carbons (Fsp3) is 0.696. The Hall–Kier alpha value is -1.35. The fourth-order valence-corrected chi connectivity index (χ4v) is 4.87. The molecule has 1 heterocycles. The third-order valence-electron chi connectivity index (χ3n) is 6.77. The second-order valence-corrected chi connectivity index (χ2v) is 9.46. The molecule has 1 aromatic carbocycles. The van der Waals surface area contributed by atoms with Gasteiger partial charge in [-0.1, -0.05) is 45.0 Å². The maximum Gasteiger partial charge on any atom is 0.225 e. The molecule has 0 unspecified atom stereocenters. The Morgan fingerprint density at radius 1 is 1.08 bits per heavy atom. The van der Waals surface area contributed by atoms with Gasteiger partial charge in [-0.15, -0.1) is 0 Å². The summed E-state index contributed by atoms with van der Waals surface area (Å²) in [7, 11) is 0. The zero-order valence-corrected chi connectivity index (χ0v) is 16.8. The van der Waals surface area contributed by atoms with Crippen LogP contribution in [0, 0.1) is 17.3 Å². The van der Waals surface area contributed by atoms with Crippen LogP contribution in [-0.2, 0) is 11.3 Å². The van der Waals surface area contributed by atoms with Crippen LogP contribution in [0.3, 0.4) is 0 Å². The standard InChI is InChI=1S/C23H36N2O/c1-23(2,3)21-9-7-19(8-10-21)22(26)25-13-11-18(12-14-25)20-6-4-5-17(15-20)16-24/h4-6,15,18-19,21H,7-14,16,24H2,1-3H3. The van der Waals surface area contributed by atoms with Crippen molar-refractivity contribution < 1.29 is 4.79 Å². The average Bonchev–Trinajstić information content (AvgIpc) is 2.67. The minimum absolute atomic E-state index is 0.269. The van der Waals surface area contributed by atoms with Crippen LogP contribution in [0.15, 0.2) is 24.3 Å². The molecule has 0 atom stereocenters. The summed E-state index contributed by atoms with van der Waals surface area (Å²) in [6.45, 7) is 9.44. The summed E-state index contributed by atoms with van der Waals surface area (Å²) in [6, 6.07) is 8.67. The molecule has 3 rings (SSSR count). The van der Waals surface area contributed by atoms with Gasteiger partial charge in [0, 0.05) is 25.6 Å². The van der Waals surface area contributed by atoms with Crippen molar-refractivity contribution in [3.05, 3.63) is 35.4 Å². The average molecular weight is 357 g/mol. The first-order valence-electron chi connectivity index (χ1n) is 10.5. The van der Waals surface area contributed by atoms with Crippen LogP contribution in [0.2, 0.25) is 0 Å². The molecule has 2 aliphatic rings. The Kier molecular flexibility index (Phi) is 6.06. The summed E-state index contributed by atoms with van der Waals surface area (Å²) in [5.41, 5.74) is 8.76. The maximum absolute atomic E-state index is 13.0. The van der Waals surface area contributed by atoms with Crippen molar-refractivity contribution >= 4 is 5.91 Å². The minimum atomic E-state index is 0.269. The second kappa shape index (κ2) is 8.12. The first kappa shape index (κ1) is 19.4. The molecule has 1 amide bonds. The Bertz CT molecular complexity index is 603. The molecule has 1 aromatic rings. The highest BCUT2D eigenvalue weighted by Gasteiger charge is 2.35. The lowest BCUT2D eigenvalue weighted by molar-refractivity contribution is -0.138. The van der Waals surface area contributed by atoms with Crippen LogP contribution in [0.5, 0.6) is 0 Å². The third kappa shape index (κ3) is 4.49. The lowest BCUT2D eigenvalue weighted by atomic mass is 9.69. The summed E-state index contributed by atoms with van der Waals surface area (Å²) >= 11 is 0. The first-order valence-corrected chi connectivity index (χ1v) is 10.5. The van der Waals surface area contributed by atoms with Gasteiger partial charge in [-0.25, -0.2) is 0 Å². The Labute approximate surface area is 159 Å². The van der Waals surface area contributed by atoms with Crippen LogP contribution >= 0.6 is 0 Å². The summed E-state index contributed by atoms with van der Waals surface area (Å²) in [5.74, 6) is 2.03. The first-order chi connectivity index (χ1) is 12.4. The lowest BCUT2D eigenvalue weighted by Crippen LogP contribution is -2.42. The monoisotopic (exact) mass is 356 g/mol. The van der Waals surface area contributed by atoms with Gasteiger partial charge in [-0.05, 0) is 66.9 Å². The molecular weight excluding hydrogens is 320 g/mol. The molecular formula is C23H36N2O. The normalized spacial score (nSPS) is 25.3. The van der Waals surface area contributed by atoms with Gasteiger partial charge < -0.3 is 10.6 Å². The number of hydrogen-bond acceptors (Lipinski definition) is 2. The van der Waals surface area contributed by atoms with Crippen molar-refractivity contribution in [3.63, 3.8) is 0 Å². The highest BCUT2D eigenvalue weighted by atomic mass is 16.2. The number of nitrogens with two attached hydrogens (primary N) is 1. The molecule has 3 nitrogen and oxygen atoms in total. The van der Waals surface area contributed by atoms with E-state index in [2.05, 4.69) is 49.9 Å². The highest BCUT2D eigenvalue weighted by Crippen LogP contribution is 2.40. The van der Waals surface area contributed by atoms with Gasteiger partial charge in [0.25, 0.3) is 0 Å². The molecule has 1 aliphatic heterocycles. The molecule has 3 heteroatoms. The van der Waals surface area contributed by atoms with Gasteiger partial charge >= 0.3 is 0 Å². The summed E-state index contributed by atoms with van der Waals surface area (Å²) < 4.78 is 0. The van der Waals surface area contributed by atoms with E-state index in [1.54, 1.807) is 0 Å². The number of piperidine rings is 1. The van der Waals surface area contributed by atoms with Gasteiger partial charge in [-0.3, -0.25) is 4.79 Å². The van der Waals surface area contributed by atoms with E-state index in [9.17, 15) is 4.79 Å². The molecule has 0 aromatic heterocycles. The van der Waals surface area contributed by atoms with E-state index in [-0.39, 0.29) is 5.92 Å². The topological polar surface area (TPSA) is 46.3 Å². The van der Waals surface area contributed by atoms with E-state index in [4.69, 9.17) is 5.73 Å². The molecule has 2 fully saturated rings. The Morgan fingerprint density at radius 2 is 1.73 bits per heavy atom. The molecule has 26 heavy (non-hydrogen) atoms. The number of amides is 1. The number of benzene rings is 1. The number of hydrogen-bond donors (Lipinski definition) is 1. The molecule has 1 aliphatic carbocycles. The zero-order valence-electron chi connectivity index (χ0n) is 16.8. The van der Waals surface area contributed by atoms with E-state index < -0.39 is 0 Å². The van der Waals surface area contributed by atoms with E-state index >= 15 is 0 Å². The van der Waals surface area contributed by atoms with Gasteiger partial charge in [0.2, 0.25) is 5.91 Å². The van der Waals surface area contributed by atoms with Crippen molar-refractivity contribution in [1.29, 1.82) is 0 Å². The van der Waals surface area contributed by atoms with E-state index in [0.717, 1.165) is 44.7 Å². The van der Waals surface area contributed by atoms with Crippen LogP contribution in [0.25, 0.3) is 0 Å². The molecule has 2 N–H and O–H groups in total. The van der Waals surface area contributed by atoms with E-state index in [1.165, 1.54) is 24.0 Å². The number of rotatable bonds is 3. The predicted molar refractivity (Wildman–Crippen MR) is 108 cm³/mol. The second-order valence-electron chi connectivity index (χ2n) is 9.46. The minimum Gasteiger partial charge on any atom is -0.342 e. The summed E-state index contributed by atoms with van der Waals surface area (Å²) in [6.07, 6.45) is 6.75. The van der Waals surface area contributed by atoms with Crippen LogP contribution < -0.4 is 5.73 Å². The Morgan fingerprint density at radius 3 is 2.31 bits per heavy atom. The quantitative estimate of drug-likeness (QED) is 0.853. The Balaban J connectivity index is 1.51. The van der Waals surface area contributed by atoms with E-state index in [0.29, 0.717) is 23.8 Å². The molecule has 0 bridgehead atoms. The molecule has 1 saturated heterocycles. The van der Waals surface area contributed by atoms with Crippen molar-refractivity contribution in [1.82, 2.24) is 4.90 Å².